The molecule has 0 unspecified atom stereocenters. The summed E-state index contributed by atoms with van der Waals surface area (Å²) >= 11 is 0. The van der Waals surface area contributed by atoms with Crippen molar-refractivity contribution in [3.8, 4) is 0 Å². The van der Waals surface area contributed by atoms with Crippen LogP contribution in [0.5, 0.6) is 0 Å². The largest absolute Gasteiger partial charge is 0.347 e. The summed E-state index contributed by atoms with van der Waals surface area (Å²) in [5.41, 5.74) is 0.439. The van der Waals surface area contributed by atoms with Gasteiger partial charge in [-0.15, -0.1) is 0 Å². The predicted octanol–water partition coefficient (Wildman–Crippen LogP) is 1.84. The molecule has 0 saturated carbocycles. The molecule has 0 N–H and O–H groups in total. The first-order valence-electron chi connectivity index (χ1n) is 9.68. The number of carbonyl (C=O) groups excluding carboxylic acids is 1. The number of ether oxygens (including phenoxy) is 2. The zero-order valence-electron chi connectivity index (χ0n) is 15.4. The van der Waals surface area contributed by atoms with Crippen LogP contribution in [0.4, 0.5) is 0 Å². The molecule has 0 aliphatic carbocycles. The van der Waals surface area contributed by atoms with Gasteiger partial charge in [0.2, 0.25) is 10.0 Å². The van der Waals surface area contributed by atoms with Gasteiger partial charge >= 0.3 is 0 Å². The van der Waals surface area contributed by atoms with Crippen molar-refractivity contribution in [3.63, 3.8) is 0 Å². The Balaban J connectivity index is 1.49. The Hall–Kier alpha value is -1.48. The molecule has 3 saturated heterocycles. The number of sulfonamides is 1. The van der Waals surface area contributed by atoms with Crippen LogP contribution in [0.25, 0.3) is 0 Å². The van der Waals surface area contributed by atoms with E-state index in [1.807, 2.05) is 4.90 Å². The fraction of sp³-hybridized carbons (Fsp3) is 0.632. The molecule has 0 bridgehead atoms. The molecular weight excluding hydrogens is 368 g/mol. The quantitative estimate of drug-likeness (QED) is 0.782. The summed E-state index contributed by atoms with van der Waals surface area (Å²) in [6, 6.07) is 6.43. The topological polar surface area (TPSA) is 76.2 Å². The molecule has 0 atom stereocenters. The second-order valence-electron chi connectivity index (χ2n) is 7.39. The minimum Gasteiger partial charge on any atom is -0.347 e. The fourth-order valence-electron chi connectivity index (χ4n) is 4.07. The number of hydrogen-bond acceptors (Lipinski definition) is 5. The highest BCUT2D eigenvalue weighted by molar-refractivity contribution is 7.89. The monoisotopic (exact) mass is 394 g/mol. The molecular formula is C19H26N2O5S. The van der Waals surface area contributed by atoms with Crippen molar-refractivity contribution >= 4 is 15.9 Å². The Morgan fingerprint density at radius 3 is 2.30 bits per heavy atom. The average molecular weight is 394 g/mol. The molecule has 3 aliphatic heterocycles. The number of carbonyl (C=O) groups is 1. The second-order valence-corrected chi connectivity index (χ2v) is 9.33. The molecule has 4 rings (SSSR count). The van der Waals surface area contributed by atoms with Gasteiger partial charge in [-0.05, 0) is 37.5 Å². The van der Waals surface area contributed by atoms with Crippen LogP contribution in [-0.4, -0.2) is 68.7 Å². The molecule has 1 spiro atoms. The van der Waals surface area contributed by atoms with Crippen molar-refractivity contribution in [3.05, 3.63) is 29.8 Å². The minimum absolute atomic E-state index is 0.0860. The van der Waals surface area contributed by atoms with Gasteiger partial charge in [0, 0.05) is 44.6 Å². The van der Waals surface area contributed by atoms with Crippen molar-refractivity contribution in [2.24, 2.45) is 0 Å². The Labute approximate surface area is 160 Å². The third kappa shape index (κ3) is 3.76. The molecule has 8 heteroatoms. The second kappa shape index (κ2) is 7.50. The van der Waals surface area contributed by atoms with Crippen LogP contribution in [-0.2, 0) is 19.5 Å². The number of rotatable bonds is 3. The Morgan fingerprint density at radius 1 is 0.963 bits per heavy atom. The van der Waals surface area contributed by atoms with Crippen LogP contribution in [0.15, 0.2) is 29.2 Å². The fourth-order valence-corrected chi connectivity index (χ4v) is 5.56. The third-order valence-electron chi connectivity index (χ3n) is 5.66. The summed E-state index contributed by atoms with van der Waals surface area (Å²) in [6.07, 6.45) is 4.20. The highest BCUT2D eigenvalue weighted by Gasteiger charge is 2.42. The average Bonchev–Trinajstić information content (AvgIpc) is 3.16. The zero-order valence-corrected chi connectivity index (χ0v) is 16.2. The van der Waals surface area contributed by atoms with Crippen LogP contribution in [0.2, 0.25) is 0 Å². The van der Waals surface area contributed by atoms with E-state index < -0.39 is 15.8 Å². The molecule has 3 heterocycles. The number of nitrogens with zero attached hydrogens (tertiary/aromatic N) is 2. The summed E-state index contributed by atoms with van der Waals surface area (Å²) in [7, 11) is -3.64. The highest BCUT2D eigenvalue weighted by atomic mass is 32.2. The summed E-state index contributed by atoms with van der Waals surface area (Å²) < 4.78 is 38.9. The van der Waals surface area contributed by atoms with Gasteiger partial charge in [0.15, 0.2) is 5.79 Å². The van der Waals surface area contributed by atoms with Crippen LogP contribution in [0.3, 0.4) is 0 Å². The van der Waals surface area contributed by atoms with Crippen molar-refractivity contribution in [2.75, 3.05) is 39.4 Å². The van der Waals surface area contributed by atoms with Crippen LogP contribution in [0.1, 0.15) is 42.5 Å². The van der Waals surface area contributed by atoms with Crippen LogP contribution >= 0.6 is 0 Å². The summed E-state index contributed by atoms with van der Waals surface area (Å²) in [5.74, 6) is -0.699. The van der Waals surface area contributed by atoms with E-state index in [1.165, 1.54) is 10.4 Å². The van der Waals surface area contributed by atoms with Crippen molar-refractivity contribution in [2.45, 2.75) is 42.8 Å². The number of hydrogen-bond donors (Lipinski definition) is 0. The lowest BCUT2D eigenvalue weighted by atomic mass is 10.1. The first kappa shape index (κ1) is 18.9. The molecule has 0 aromatic heterocycles. The van der Waals surface area contributed by atoms with Gasteiger partial charge in [-0.2, -0.15) is 4.31 Å². The van der Waals surface area contributed by atoms with E-state index in [2.05, 4.69) is 0 Å². The summed E-state index contributed by atoms with van der Waals surface area (Å²) in [6.45, 7) is 3.31. The van der Waals surface area contributed by atoms with Gasteiger partial charge < -0.3 is 14.4 Å². The third-order valence-corrected chi connectivity index (χ3v) is 7.55. The number of amides is 1. The zero-order chi connectivity index (χ0) is 18.9. The number of piperidine rings is 2. The molecule has 0 radical (unpaired) electrons. The molecule has 7 nitrogen and oxygen atoms in total. The molecule has 1 aromatic carbocycles. The molecule has 148 valence electrons. The summed E-state index contributed by atoms with van der Waals surface area (Å²) in [4.78, 5) is 14.7. The van der Waals surface area contributed by atoms with E-state index in [1.54, 1.807) is 18.2 Å². The number of likely N-dealkylation sites (tertiary alicyclic amines) is 1. The Kier molecular flexibility index (Phi) is 5.24. The first-order chi connectivity index (χ1) is 13.0. The van der Waals surface area contributed by atoms with E-state index in [4.69, 9.17) is 9.47 Å². The van der Waals surface area contributed by atoms with E-state index >= 15 is 0 Å². The highest BCUT2D eigenvalue weighted by Crippen LogP contribution is 2.33. The SMILES string of the molecule is O=C(c1cccc(S(=O)(=O)N2CCC3(CC2)OCCO3)c1)N1CCCCC1. The van der Waals surface area contributed by atoms with Gasteiger partial charge in [0.05, 0.1) is 18.1 Å². The Morgan fingerprint density at radius 2 is 1.63 bits per heavy atom. The lowest BCUT2D eigenvalue weighted by Crippen LogP contribution is -2.47. The first-order valence-corrected chi connectivity index (χ1v) is 11.1. The van der Waals surface area contributed by atoms with Gasteiger partial charge in [-0.1, -0.05) is 6.07 Å². The molecule has 3 aliphatic rings. The van der Waals surface area contributed by atoms with Crippen molar-refractivity contribution in [1.29, 1.82) is 0 Å². The van der Waals surface area contributed by atoms with E-state index in [0.717, 1.165) is 32.4 Å². The molecule has 3 fully saturated rings. The van der Waals surface area contributed by atoms with Gasteiger partial charge in [-0.25, -0.2) is 8.42 Å². The lowest BCUT2D eigenvalue weighted by Gasteiger charge is -2.36. The Bertz CT molecular complexity index is 788. The van der Waals surface area contributed by atoms with Crippen LogP contribution < -0.4 is 0 Å². The maximum absolute atomic E-state index is 13.1. The molecule has 1 amide bonds. The number of benzene rings is 1. The standard InChI is InChI=1S/C19H26N2O5S/c22-18(20-9-2-1-3-10-20)16-5-4-6-17(15-16)27(23,24)21-11-7-19(8-12-21)25-13-14-26-19/h4-6,15H,1-3,7-14H2. The lowest BCUT2D eigenvalue weighted by molar-refractivity contribution is -0.179. The molecule has 27 heavy (non-hydrogen) atoms. The van der Waals surface area contributed by atoms with Crippen LogP contribution in [0, 0.1) is 0 Å². The maximum atomic E-state index is 13.1. The van der Waals surface area contributed by atoms with E-state index in [9.17, 15) is 13.2 Å². The van der Waals surface area contributed by atoms with Crippen molar-refractivity contribution in [1.82, 2.24) is 9.21 Å². The van der Waals surface area contributed by atoms with E-state index in [0.29, 0.717) is 44.7 Å². The minimum atomic E-state index is -3.64. The normalized spacial score (nSPS) is 23.6. The predicted molar refractivity (Wildman–Crippen MR) is 98.8 cm³/mol. The van der Waals surface area contributed by atoms with E-state index in [-0.39, 0.29) is 10.8 Å². The maximum Gasteiger partial charge on any atom is 0.253 e. The molecule has 1 aromatic rings. The van der Waals surface area contributed by atoms with Gasteiger partial charge in [-0.3, -0.25) is 4.79 Å². The van der Waals surface area contributed by atoms with Gasteiger partial charge in [0.1, 0.15) is 0 Å². The van der Waals surface area contributed by atoms with Crippen molar-refractivity contribution < 1.29 is 22.7 Å². The van der Waals surface area contributed by atoms with Gasteiger partial charge in [0.25, 0.3) is 5.91 Å². The smallest absolute Gasteiger partial charge is 0.253 e. The summed E-state index contributed by atoms with van der Waals surface area (Å²) in [5, 5.41) is 0.